The molecule has 10 heavy (non-hydrogen) atoms. The van der Waals surface area contributed by atoms with Gasteiger partial charge in [-0.25, -0.2) is 4.89 Å². The van der Waals surface area contributed by atoms with Crippen LogP contribution in [0, 0.1) is 5.92 Å². The van der Waals surface area contributed by atoms with Crippen LogP contribution in [0.5, 0.6) is 0 Å². The van der Waals surface area contributed by atoms with Gasteiger partial charge in [-0.3, -0.25) is 4.58 Å². The molecule has 0 bridgehead atoms. The minimum absolute atomic E-state index is 0.696. The van der Waals surface area contributed by atoms with Crippen LogP contribution in [-0.2, 0) is 9.46 Å². The monoisotopic (exact) mass is 160 g/mol. The average molecular weight is 160 g/mol. The SMILES string of the molecule is [SiH3]OOCCC1CCCC1. The first-order valence-corrected chi connectivity index (χ1v) is 4.90. The maximum Gasteiger partial charge on any atom is 0.193 e. The molecule has 3 heteroatoms. The molecule has 0 amide bonds. The maximum absolute atomic E-state index is 4.86. The highest BCUT2D eigenvalue weighted by atomic mass is 28.2. The van der Waals surface area contributed by atoms with E-state index in [9.17, 15) is 0 Å². The van der Waals surface area contributed by atoms with Gasteiger partial charge in [0.1, 0.15) is 0 Å². The van der Waals surface area contributed by atoms with Gasteiger partial charge in [-0.2, -0.15) is 0 Å². The maximum atomic E-state index is 4.86. The van der Waals surface area contributed by atoms with E-state index < -0.39 is 0 Å². The van der Waals surface area contributed by atoms with Gasteiger partial charge in [0, 0.05) is 0 Å². The van der Waals surface area contributed by atoms with Crippen LogP contribution in [0.25, 0.3) is 0 Å². The second-order valence-corrected chi connectivity index (χ2v) is 3.26. The first-order chi connectivity index (χ1) is 4.93. The zero-order valence-electron chi connectivity index (χ0n) is 6.64. The second-order valence-electron chi connectivity index (χ2n) is 2.93. The summed E-state index contributed by atoms with van der Waals surface area (Å²) in [5, 5.41) is 0. The first kappa shape index (κ1) is 8.24. The van der Waals surface area contributed by atoms with Crippen molar-refractivity contribution in [2.75, 3.05) is 6.61 Å². The summed E-state index contributed by atoms with van der Waals surface area (Å²) in [6.07, 6.45) is 6.86. The van der Waals surface area contributed by atoms with E-state index in [1.165, 1.54) is 32.1 Å². The van der Waals surface area contributed by atoms with Gasteiger partial charge in [0.25, 0.3) is 0 Å². The average Bonchev–Trinajstić information content (AvgIpc) is 2.41. The van der Waals surface area contributed by atoms with Crippen molar-refractivity contribution in [1.82, 2.24) is 0 Å². The van der Waals surface area contributed by atoms with Gasteiger partial charge in [0.05, 0.1) is 6.61 Å². The fourth-order valence-corrected chi connectivity index (χ4v) is 1.76. The summed E-state index contributed by atoms with van der Waals surface area (Å²) < 4.78 is 4.64. The molecule has 1 rings (SSSR count). The summed E-state index contributed by atoms with van der Waals surface area (Å²) in [7, 11) is 0.696. The van der Waals surface area contributed by atoms with Crippen LogP contribution >= 0.6 is 0 Å². The highest BCUT2D eigenvalue weighted by Crippen LogP contribution is 2.27. The molecule has 0 aromatic heterocycles. The molecule has 0 saturated heterocycles. The number of hydrogen-bond donors (Lipinski definition) is 0. The van der Waals surface area contributed by atoms with Gasteiger partial charge in [-0.1, -0.05) is 25.7 Å². The second kappa shape index (κ2) is 4.88. The van der Waals surface area contributed by atoms with Crippen molar-refractivity contribution in [3.8, 4) is 0 Å². The molecule has 0 atom stereocenters. The third-order valence-corrected chi connectivity index (χ3v) is 2.44. The molecular weight excluding hydrogens is 144 g/mol. The summed E-state index contributed by atoms with van der Waals surface area (Å²) in [6.45, 7) is 0.800. The van der Waals surface area contributed by atoms with Crippen molar-refractivity contribution >= 4 is 10.5 Å². The minimum atomic E-state index is 0.696. The fourth-order valence-electron chi connectivity index (χ4n) is 1.60. The quantitative estimate of drug-likeness (QED) is 0.262. The van der Waals surface area contributed by atoms with E-state index in [1.54, 1.807) is 0 Å². The molecule has 0 aliphatic heterocycles. The van der Waals surface area contributed by atoms with Crippen LogP contribution in [0.4, 0.5) is 0 Å². The Morgan fingerprint density at radius 3 is 2.60 bits per heavy atom. The largest absolute Gasteiger partial charge is 0.298 e. The predicted octanol–water partition coefficient (Wildman–Crippen LogP) is 0.795. The van der Waals surface area contributed by atoms with Crippen molar-refractivity contribution in [3.05, 3.63) is 0 Å². The lowest BCUT2D eigenvalue weighted by Crippen LogP contribution is -2.00. The minimum Gasteiger partial charge on any atom is -0.298 e. The Morgan fingerprint density at radius 2 is 2.00 bits per heavy atom. The lowest BCUT2D eigenvalue weighted by atomic mass is 10.1. The van der Waals surface area contributed by atoms with E-state index in [0.717, 1.165) is 12.5 Å². The molecule has 0 aromatic carbocycles. The molecule has 1 aliphatic carbocycles. The van der Waals surface area contributed by atoms with E-state index in [4.69, 9.17) is 4.89 Å². The van der Waals surface area contributed by atoms with Crippen LogP contribution in [0.1, 0.15) is 32.1 Å². The lowest BCUT2D eigenvalue weighted by Gasteiger charge is -2.06. The molecule has 1 fully saturated rings. The summed E-state index contributed by atoms with van der Waals surface area (Å²) in [5.41, 5.74) is 0. The zero-order valence-corrected chi connectivity index (χ0v) is 8.64. The van der Waals surface area contributed by atoms with Crippen molar-refractivity contribution in [1.29, 1.82) is 0 Å². The summed E-state index contributed by atoms with van der Waals surface area (Å²) in [6, 6.07) is 0. The van der Waals surface area contributed by atoms with Gasteiger partial charge in [0.15, 0.2) is 10.5 Å². The van der Waals surface area contributed by atoms with Gasteiger partial charge in [-0.15, -0.1) is 0 Å². The molecular formula is C7H16O2Si. The Hall–Kier alpha value is 0.137. The van der Waals surface area contributed by atoms with Crippen molar-refractivity contribution in [2.45, 2.75) is 32.1 Å². The molecule has 1 aliphatic rings. The van der Waals surface area contributed by atoms with Crippen LogP contribution in [-0.4, -0.2) is 17.1 Å². The van der Waals surface area contributed by atoms with E-state index in [1.807, 2.05) is 0 Å². The smallest absolute Gasteiger partial charge is 0.193 e. The van der Waals surface area contributed by atoms with Gasteiger partial charge in [-0.05, 0) is 12.3 Å². The van der Waals surface area contributed by atoms with Crippen molar-refractivity contribution in [3.63, 3.8) is 0 Å². The number of rotatable bonds is 4. The van der Waals surface area contributed by atoms with Crippen LogP contribution in [0.2, 0.25) is 0 Å². The standard InChI is InChI=1S/C7H16O2Si/c10-9-8-6-5-7-3-1-2-4-7/h7H,1-6H2,10H3. The van der Waals surface area contributed by atoms with Crippen molar-refractivity contribution < 1.29 is 9.46 Å². The van der Waals surface area contributed by atoms with Gasteiger partial charge < -0.3 is 0 Å². The molecule has 0 unspecified atom stereocenters. The Balaban J connectivity index is 1.91. The Labute approximate surface area is 65.4 Å². The van der Waals surface area contributed by atoms with E-state index in [0.29, 0.717) is 10.5 Å². The number of hydrogen-bond acceptors (Lipinski definition) is 2. The normalized spacial score (nSPS) is 20.4. The van der Waals surface area contributed by atoms with E-state index in [2.05, 4.69) is 4.58 Å². The highest BCUT2D eigenvalue weighted by Gasteiger charge is 2.13. The Bertz CT molecular complexity index is 81.7. The first-order valence-electron chi connectivity index (χ1n) is 4.09. The molecule has 0 N–H and O–H groups in total. The molecule has 0 radical (unpaired) electrons. The third kappa shape index (κ3) is 2.81. The lowest BCUT2D eigenvalue weighted by molar-refractivity contribution is -0.205. The summed E-state index contributed by atoms with van der Waals surface area (Å²) in [4.78, 5) is 4.86. The third-order valence-electron chi connectivity index (χ3n) is 2.20. The molecule has 2 nitrogen and oxygen atoms in total. The molecule has 0 aromatic rings. The topological polar surface area (TPSA) is 18.5 Å². The predicted molar refractivity (Wildman–Crippen MR) is 43.6 cm³/mol. The molecule has 60 valence electrons. The van der Waals surface area contributed by atoms with Crippen LogP contribution in [0.3, 0.4) is 0 Å². The van der Waals surface area contributed by atoms with Gasteiger partial charge in [0.2, 0.25) is 0 Å². The Kier molecular flexibility index (Phi) is 4.02. The van der Waals surface area contributed by atoms with E-state index in [-0.39, 0.29) is 0 Å². The highest BCUT2D eigenvalue weighted by molar-refractivity contribution is 5.97. The summed E-state index contributed by atoms with van der Waals surface area (Å²) in [5.74, 6) is 0.928. The van der Waals surface area contributed by atoms with Gasteiger partial charge >= 0.3 is 0 Å². The zero-order chi connectivity index (χ0) is 7.23. The molecule has 0 spiro atoms. The molecule has 0 heterocycles. The Morgan fingerprint density at radius 1 is 1.30 bits per heavy atom. The van der Waals surface area contributed by atoms with E-state index >= 15 is 0 Å². The fraction of sp³-hybridized carbons (Fsp3) is 1.00. The summed E-state index contributed by atoms with van der Waals surface area (Å²) >= 11 is 0. The van der Waals surface area contributed by atoms with Crippen LogP contribution in [0.15, 0.2) is 0 Å². The van der Waals surface area contributed by atoms with Crippen LogP contribution < -0.4 is 0 Å². The van der Waals surface area contributed by atoms with Crippen molar-refractivity contribution in [2.24, 2.45) is 5.92 Å². The molecule has 1 saturated carbocycles.